The van der Waals surface area contributed by atoms with E-state index in [1.54, 1.807) is 31.0 Å². The van der Waals surface area contributed by atoms with E-state index >= 15 is 0 Å². The van der Waals surface area contributed by atoms with Crippen LogP contribution in [0.25, 0.3) is 0 Å². The summed E-state index contributed by atoms with van der Waals surface area (Å²) in [5.74, 6) is -0.252. The van der Waals surface area contributed by atoms with Gasteiger partial charge in [0.05, 0.1) is 0 Å². The first-order valence-corrected chi connectivity index (χ1v) is 8.90. The summed E-state index contributed by atoms with van der Waals surface area (Å²) in [6.07, 6.45) is 1.74. The molecule has 1 aromatic heterocycles. The van der Waals surface area contributed by atoms with Crippen molar-refractivity contribution in [2.24, 2.45) is 5.41 Å². The van der Waals surface area contributed by atoms with E-state index in [2.05, 4.69) is 15.2 Å². The third-order valence-corrected chi connectivity index (χ3v) is 4.72. The fourth-order valence-electron chi connectivity index (χ4n) is 3.03. The summed E-state index contributed by atoms with van der Waals surface area (Å²) in [4.78, 5) is 33.7. The lowest BCUT2D eigenvalue weighted by atomic mass is 9.89. The van der Waals surface area contributed by atoms with Gasteiger partial charge in [0.25, 0.3) is 0 Å². The Hall–Kier alpha value is -2.96. The van der Waals surface area contributed by atoms with Gasteiger partial charge in [-0.3, -0.25) is 9.59 Å². The Morgan fingerprint density at radius 1 is 1.07 bits per heavy atom. The van der Waals surface area contributed by atoms with Gasteiger partial charge in [0.1, 0.15) is 17.1 Å². The van der Waals surface area contributed by atoms with Crippen molar-refractivity contribution in [3.8, 4) is 0 Å². The van der Waals surface area contributed by atoms with Gasteiger partial charge in [-0.15, -0.1) is 0 Å². The molecule has 2 amide bonds. The van der Waals surface area contributed by atoms with Gasteiger partial charge in [-0.2, -0.15) is 0 Å². The summed E-state index contributed by atoms with van der Waals surface area (Å²) in [5.41, 5.74) is -0.916. The van der Waals surface area contributed by atoms with Gasteiger partial charge in [-0.05, 0) is 44.2 Å². The van der Waals surface area contributed by atoms with E-state index in [4.69, 9.17) is 0 Å². The van der Waals surface area contributed by atoms with Gasteiger partial charge in [-0.1, -0.05) is 12.1 Å². The Labute approximate surface area is 158 Å². The Morgan fingerprint density at radius 2 is 1.81 bits per heavy atom. The van der Waals surface area contributed by atoms with Crippen LogP contribution in [0.5, 0.6) is 0 Å². The molecule has 0 unspecified atom stereocenters. The first kappa shape index (κ1) is 18.8. The summed E-state index contributed by atoms with van der Waals surface area (Å²) in [6.45, 7) is 5.54. The number of halogens is 1. The first-order valence-electron chi connectivity index (χ1n) is 8.90. The molecule has 2 heterocycles. The molecule has 1 aliphatic rings. The minimum atomic E-state index is -1.25. The Balaban J connectivity index is 1.61. The van der Waals surface area contributed by atoms with E-state index in [0.717, 1.165) is 5.82 Å². The second kappa shape index (κ2) is 7.73. The molecule has 1 aliphatic heterocycles. The number of benzene rings is 1. The van der Waals surface area contributed by atoms with Crippen LogP contribution in [-0.4, -0.2) is 47.9 Å². The van der Waals surface area contributed by atoms with Crippen LogP contribution in [0.3, 0.4) is 0 Å². The number of hydrogen-bond donors (Lipinski definition) is 1. The SMILES string of the molecule is CC(C)(C(=O)Nc1cccc(F)c1)C(=O)N1CCN(c2ccccn2)CC1. The third-order valence-electron chi connectivity index (χ3n) is 4.72. The highest BCUT2D eigenvalue weighted by Gasteiger charge is 2.40. The molecule has 27 heavy (non-hydrogen) atoms. The second-order valence-electron chi connectivity index (χ2n) is 7.06. The van der Waals surface area contributed by atoms with Gasteiger partial charge in [0.15, 0.2) is 0 Å². The molecule has 0 spiro atoms. The first-order chi connectivity index (χ1) is 12.9. The highest BCUT2D eigenvalue weighted by molar-refractivity contribution is 6.09. The van der Waals surface area contributed by atoms with Crippen LogP contribution in [0, 0.1) is 11.2 Å². The molecule has 1 aromatic carbocycles. The molecule has 2 aromatic rings. The van der Waals surface area contributed by atoms with Gasteiger partial charge >= 0.3 is 0 Å². The number of nitrogens with zero attached hydrogens (tertiary/aromatic N) is 3. The zero-order valence-corrected chi connectivity index (χ0v) is 15.5. The summed E-state index contributed by atoms with van der Waals surface area (Å²) < 4.78 is 13.3. The zero-order valence-electron chi connectivity index (χ0n) is 15.5. The number of aromatic nitrogens is 1. The number of amides is 2. The lowest BCUT2D eigenvalue weighted by molar-refractivity contribution is -0.146. The van der Waals surface area contributed by atoms with Crippen molar-refractivity contribution in [1.29, 1.82) is 0 Å². The van der Waals surface area contributed by atoms with Crippen molar-refractivity contribution in [3.05, 3.63) is 54.5 Å². The Morgan fingerprint density at radius 3 is 2.44 bits per heavy atom. The number of carbonyl (C=O) groups excluding carboxylic acids is 2. The van der Waals surface area contributed by atoms with Crippen molar-refractivity contribution in [1.82, 2.24) is 9.88 Å². The van der Waals surface area contributed by atoms with Crippen molar-refractivity contribution < 1.29 is 14.0 Å². The largest absolute Gasteiger partial charge is 0.353 e. The van der Waals surface area contributed by atoms with Crippen molar-refractivity contribution in [3.63, 3.8) is 0 Å². The fourth-order valence-corrected chi connectivity index (χ4v) is 3.03. The summed E-state index contributed by atoms with van der Waals surface area (Å²) in [5, 5.41) is 2.63. The average molecular weight is 370 g/mol. The summed E-state index contributed by atoms with van der Waals surface area (Å²) in [6, 6.07) is 11.4. The number of rotatable bonds is 4. The van der Waals surface area contributed by atoms with E-state index < -0.39 is 17.1 Å². The molecule has 1 fully saturated rings. The summed E-state index contributed by atoms with van der Waals surface area (Å²) in [7, 11) is 0. The molecule has 6 nitrogen and oxygen atoms in total. The molecular weight excluding hydrogens is 347 g/mol. The number of anilines is 2. The predicted octanol–water partition coefficient (Wildman–Crippen LogP) is 2.53. The smallest absolute Gasteiger partial charge is 0.239 e. The maximum atomic E-state index is 13.3. The molecule has 0 bridgehead atoms. The number of nitrogens with one attached hydrogen (secondary N) is 1. The minimum absolute atomic E-state index is 0.239. The Kier molecular flexibility index (Phi) is 5.39. The lowest BCUT2D eigenvalue weighted by Gasteiger charge is -2.38. The van der Waals surface area contributed by atoms with Crippen LogP contribution < -0.4 is 10.2 Å². The van der Waals surface area contributed by atoms with Crippen LogP contribution in [0.2, 0.25) is 0 Å². The van der Waals surface area contributed by atoms with Crippen LogP contribution >= 0.6 is 0 Å². The monoisotopic (exact) mass is 370 g/mol. The normalized spacial score (nSPS) is 14.8. The van der Waals surface area contributed by atoms with E-state index in [0.29, 0.717) is 31.9 Å². The van der Waals surface area contributed by atoms with Crippen molar-refractivity contribution in [2.45, 2.75) is 13.8 Å². The maximum Gasteiger partial charge on any atom is 0.239 e. The molecule has 1 saturated heterocycles. The fraction of sp³-hybridized carbons (Fsp3) is 0.350. The topological polar surface area (TPSA) is 65.5 Å². The third kappa shape index (κ3) is 4.24. The molecular formula is C20H23FN4O2. The molecule has 0 saturated carbocycles. The van der Waals surface area contributed by atoms with Gasteiger partial charge in [0.2, 0.25) is 11.8 Å². The zero-order chi connectivity index (χ0) is 19.4. The molecule has 0 aliphatic carbocycles. The van der Waals surface area contributed by atoms with Crippen LogP contribution in [0.1, 0.15) is 13.8 Å². The van der Waals surface area contributed by atoms with Crippen molar-refractivity contribution in [2.75, 3.05) is 36.4 Å². The molecule has 7 heteroatoms. The predicted molar refractivity (Wildman–Crippen MR) is 102 cm³/mol. The highest BCUT2D eigenvalue weighted by atomic mass is 19.1. The number of carbonyl (C=O) groups is 2. The van der Waals surface area contributed by atoms with E-state index in [-0.39, 0.29) is 5.91 Å². The van der Waals surface area contributed by atoms with Gasteiger partial charge < -0.3 is 15.1 Å². The Bertz CT molecular complexity index is 818. The molecule has 3 rings (SSSR count). The van der Waals surface area contributed by atoms with Crippen LogP contribution in [0.4, 0.5) is 15.9 Å². The van der Waals surface area contributed by atoms with E-state index in [1.807, 2.05) is 18.2 Å². The number of pyridine rings is 1. The quantitative estimate of drug-likeness (QED) is 0.840. The van der Waals surface area contributed by atoms with Gasteiger partial charge in [-0.25, -0.2) is 9.37 Å². The highest BCUT2D eigenvalue weighted by Crippen LogP contribution is 2.24. The van der Waals surface area contributed by atoms with E-state index in [1.165, 1.54) is 18.2 Å². The summed E-state index contributed by atoms with van der Waals surface area (Å²) >= 11 is 0. The standard InChI is InChI=1S/C20H23FN4O2/c1-20(2,18(26)23-16-7-5-6-15(21)14-16)19(27)25-12-10-24(11-13-25)17-8-3-4-9-22-17/h3-9,14H,10-13H2,1-2H3,(H,23,26). The number of hydrogen-bond acceptors (Lipinski definition) is 4. The number of piperazine rings is 1. The average Bonchev–Trinajstić information content (AvgIpc) is 2.68. The maximum absolute atomic E-state index is 13.3. The molecule has 1 N–H and O–H groups in total. The lowest BCUT2D eigenvalue weighted by Crippen LogP contribution is -2.54. The second-order valence-corrected chi connectivity index (χ2v) is 7.06. The van der Waals surface area contributed by atoms with Crippen LogP contribution in [0.15, 0.2) is 48.7 Å². The molecule has 0 atom stereocenters. The van der Waals surface area contributed by atoms with Gasteiger partial charge in [0, 0.05) is 38.1 Å². The minimum Gasteiger partial charge on any atom is -0.353 e. The molecule has 0 radical (unpaired) electrons. The van der Waals surface area contributed by atoms with E-state index in [9.17, 15) is 14.0 Å². The van der Waals surface area contributed by atoms with Crippen molar-refractivity contribution >= 4 is 23.3 Å². The molecule has 142 valence electrons. The van der Waals surface area contributed by atoms with Crippen LogP contribution in [-0.2, 0) is 9.59 Å².